The smallest absolute Gasteiger partial charge is 0.411 e. The second-order valence-electron chi connectivity index (χ2n) is 9.10. The number of rotatable bonds is 3. The van der Waals surface area contributed by atoms with Crippen LogP contribution in [-0.2, 0) is 23.1 Å². The zero-order valence-corrected chi connectivity index (χ0v) is 16.7. The van der Waals surface area contributed by atoms with Gasteiger partial charge in [-0.25, -0.2) is 4.79 Å². The summed E-state index contributed by atoms with van der Waals surface area (Å²) in [6.45, 7) is 4.27. The van der Waals surface area contributed by atoms with E-state index < -0.39 is 5.60 Å². The number of nitrogens with zero attached hydrogens (tertiary/aromatic N) is 4. The van der Waals surface area contributed by atoms with Crippen LogP contribution in [0, 0.1) is 5.92 Å². The number of carbonyl (C=O) groups is 2. The monoisotopic (exact) mass is 394 g/mol. The van der Waals surface area contributed by atoms with Gasteiger partial charge >= 0.3 is 6.09 Å². The topological polar surface area (TPSA) is 58.0 Å². The maximum atomic E-state index is 12.5. The Kier molecular flexibility index (Phi) is 3.57. The third-order valence-corrected chi connectivity index (χ3v) is 7.19. The lowest BCUT2D eigenvalue weighted by molar-refractivity contribution is -0.157. The average Bonchev–Trinajstić information content (AvgIpc) is 3.44. The lowest BCUT2D eigenvalue weighted by atomic mass is 9.84. The quantitative estimate of drug-likeness (QED) is 0.797. The number of piperazine rings is 1. The van der Waals surface area contributed by atoms with Crippen molar-refractivity contribution in [3.63, 3.8) is 0 Å². The number of hydrogen-bond donors (Lipinski definition) is 0. The van der Waals surface area contributed by atoms with Gasteiger partial charge in [0.25, 0.3) is 0 Å². The molecule has 6 rings (SSSR count). The Hall–Kier alpha value is -2.54. The van der Waals surface area contributed by atoms with Crippen LogP contribution in [0.1, 0.15) is 18.5 Å². The van der Waals surface area contributed by atoms with Crippen molar-refractivity contribution in [3.8, 4) is 0 Å². The van der Waals surface area contributed by atoms with Gasteiger partial charge in [0.15, 0.2) is 5.60 Å². The first-order valence-corrected chi connectivity index (χ1v) is 10.6. The summed E-state index contributed by atoms with van der Waals surface area (Å²) in [7, 11) is 2.12. The molecule has 1 saturated carbocycles. The Morgan fingerprint density at radius 2 is 2.00 bits per heavy atom. The number of carbonyl (C=O) groups excluding carboxylic acids is 2. The normalized spacial score (nSPS) is 26.0. The molecule has 1 atom stereocenters. The highest BCUT2D eigenvalue weighted by atomic mass is 16.6. The number of aryl methyl sites for hydroxylation is 1. The van der Waals surface area contributed by atoms with Gasteiger partial charge in [-0.2, -0.15) is 0 Å². The molecule has 7 heteroatoms. The Labute approximate surface area is 169 Å². The zero-order chi connectivity index (χ0) is 19.8. The van der Waals surface area contributed by atoms with Gasteiger partial charge in [0.2, 0.25) is 5.91 Å². The SMILES string of the molecule is Cn1c(CN2CCN3C(=O)OC4(CN(C(=O)C5CC5)C4)C3C2)cc2ccccc21. The highest BCUT2D eigenvalue weighted by Gasteiger charge is 2.63. The highest BCUT2D eigenvalue weighted by molar-refractivity contribution is 5.83. The predicted octanol–water partition coefficient (Wildman–Crippen LogP) is 1.81. The number of ether oxygens (including phenoxy) is 1. The third-order valence-electron chi connectivity index (χ3n) is 7.19. The minimum absolute atomic E-state index is 0.0293. The molecule has 4 fully saturated rings. The summed E-state index contributed by atoms with van der Waals surface area (Å²) < 4.78 is 8.10. The minimum Gasteiger partial charge on any atom is -0.437 e. The summed E-state index contributed by atoms with van der Waals surface area (Å²) in [4.78, 5) is 31.0. The van der Waals surface area contributed by atoms with Crippen LogP contribution < -0.4 is 0 Å². The third kappa shape index (κ3) is 2.60. The Morgan fingerprint density at radius 3 is 2.76 bits per heavy atom. The molecule has 0 bridgehead atoms. The first-order chi connectivity index (χ1) is 14.0. The van der Waals surface area contributed by atoms with Crippen LogP contribution in [0.25, 0.3) is 10.9 Å². The number of hydrogen-bond acceptors (Lipinski definition) is 4. The summed E-state index contributed by atoms with van der Waals surface area (Å²) in [5, 5.41) is 1.26. The summed E-state index contributed by atoms with van der Waals surface area (Å²) >= 11 is 0. The van der Waals surface area contributed by atoms with Crippen LogP contribution in [0.2, 0.25) is 0 Å². The fraction of sp³-hybridized carbons (Fsp3) is 0.545. The van der Waals surface area contributed by atoms with E-state index in [2.05, 4.69) is 46.8 Å². The molecular formula is C22H26N4O3. The van der Waals surface area contributed by atoms with Gasteiger partial charge in [-0.15, -0.1) is 0 Å². The van der Waals surface area contributed by atoms with Gasteiger partial charge in [0, 0.05) is 50.4 Å². The van der Waals surface area contributed by atoms with E-state index in [1.165, 1.54) is 16.6 Å². The fourth-order valence-electron chi connectivity index (χ4n) is 5.30. The second kappa shape index (κ2) is 5.98. The summed E-state index contributed by atoms with van der Waals surface area (Å²) in [5.74, 6) is 0.461. The molecule has 1 spiro atoms. The Balaban J connectivity index is 1.19. The van der Waals surface area contributed by atoms with E-state index in [0.29, 0.717) is 19.6 Å². The molecule has 2 amide bonds. The van der Waals surface area contributed by atoms with Crippen LogP contribution in [0.15, 0.2) is 30.3 Å². The van der Waals surface area contributed by atoms with Gasteiger partial charge in [0.1, 0.15) is 0 Å². The molecule has 0 radical (unpaired) electrons. The molecule has 2 aromatic rings. The van der Waals surface area contributed by atoms with E-state index in [4.69, 9.17) is 4.74 Å². The van der Waals surface area contributed by atoms with Gasteiger partial charge in [-0.3, -0.25) is 14.6 Å². The van der Waals surface area contributed by atoms with E-state index in [9.17, 15) is 9.59 Å². The average molecular weight is 394 g/mol. The number of benzene rings is 1. The Morgan fingerprint density at radius 1 is 1.21 bits per heavy atom. The van der Waals surface area contributed by atoms with Crippen LogP contribution in [-0.4, -0.2) is 75.6 Å². The van der Waals surface area contributed by atoms with E-state index >= 15 is 0 Å². The molecular weight excluding hydrogens is 368 g/mol. The van der Waals surface area contributed by atoms with E-state index in [1.807, 2.05) is 9.80 Å². The maximum Gasteiger partial charge on any atom is 0.411 e. The van der Waals surface area contributed by atoms with Crippen molar-refractivity contribution in [2.45, 2.75) is 31.0 Å². The largest absolute Gasteiger partial charge is 0.437 e. The van der Waals surface area contributed by atoms with Gasteiger partial charge in [-0.1, -0.05) is 18.2 Å². The number of aromatic nitrogens is 1. The van der Waals surface area contributed by atoms with Crippen molar-refractivity contribution in [1.29, 1.82) is 0 Å². The summed E-state index contributed by atoms with van der Waals surface area (Å²) in [6.07, 6.45) is 1.81. The predicted molar refractivity (Wildman–Crippen MR) is 107 cm³/mol. The molecule has 7 nitrogen and oxygen atoms in total. The van der Waals surface area contributed by atoms with Crippen molar-refractivity contribution in [1.82, 2.24) is 19.3 Å². The molecule has 1 aliphatic carbocycles. The second-order valence-corrected chi connectivity index (χ2v) is 9.10. The molecule has 4 heterocycles. The van der Waals surface area contributed by atoms with Gasteiger partial charge in [0.05, 0.1) is 19.1 Å². The number of amides is 2. The zero-order valence-electron chi connectivity index (χ0n) is 16.7. The van der Waals surface area contributed by atoms with E-state index in [0.717, 1.165) is 32.5 Å². The first-order valence-electron chi connectivity index (χ1n) is 10.6. The molecule has 1 aromatic carbocycles. The standard InChI is InChI=1S/C22H26N4O3/c1-23-17(10-16-4-2-3-5-18(16)23)11-24-8-9-26-19(12-24)22(29-21(26)28)13-25(14-22)20(27)15-6-7-15/h2-5,10,15,19H,6-9,11-14H2,1H3. The van der Waals surface area contributed by atoms with Gasteiger partial charge in [-0.05, 0) is 30.4 Å². The van der Waals surface area contributed by atoms with Crippen LogP contribution >= 0.6 is 0 Å². The molecule has 3 aliphatic heterocycles. The van der Waals surface area contributed by atoms with Crippen LogP contribution in [0.5, 0.6) is 0 Å². The number of likely N-dealkylation sites (tertiary alicyclic amines) is 1. The first kappa shape index (κ1) is 17.3. The number of fused-ring (bicyclic) bond motifs is 3. The highest BCUT2D eigenvalue weighted by Crippen LogP contribution is 2.42. The molecule has 1 aromatic heterocycles. The molecule has 29 heavy (non-hydrogen) atoms. The van der Waals surface area contributed by atoms with Crippen molar-refractivity contribution in [2.75, 3.05) is 32.7 Å². The van der Waals surface area contributed by atoms with Crippen LogP contribution in [0.3, 0.4) is 0 Å². The fourth-order valence-corrected chi connectivity index (χ4v) is 5.30. The van der Waals surface area contributed by atoms with Crippen molar-refractivity contribution < 1.29 is 14.3 Å². The molecule has 0 N–H and O–H groups in total. The number of para-hydroxylation sites is 1. The summed E-state index contributed by atoms with van der Waals surface area (Å²) in [5.41, 5.74) is 2.00. The van der Waals surface area contributed by atoms with E-state index in [1.54, 1.807) is 0 Å². The molecule has 4 aliphatic rings. The lowest BCUT2D eigenvalue weighted by Crippen LogP contribution is -2.72. The maximum absolute atomic E-state index is 12.5. The summed E-state index contributed by atoms with van der Waals surface area (Å²) in [6, 6.07) is 10.7. The minimum atomic E-state index is -0.515. The lowest BCUT2D eigenvalue weighted by Gasteiger charge is -2.51. The van der Waals surface area contributed by atoms with Crippen molar-refractivity contribution >= 4 is 22.9 Å². The van der Waals surface area contributed by atoms with Crippen molar-refractivity contribution in [3.05, 3.63) is 36.0 Å². The molecule has 152 valence electrons. The Bertz CT molecular complexity index is 1000. The van der Waals surface area contributed by atoms with Crippen molar-refractivity contribution in [2.24, 2.45) is 13.0 Å². The van der Waals surface area contributed by atoms with Gasteiger partial charge < -0.3 is 14.2 Å². The molecule has 3 saturated heterocycles. The van der Waals surface area contributed by atoms with Crippen LogP contribution in [0.4, 0.5) is 4.79 Å². The molecule has 1 unspecified atom stereocenters. The van der Waals surface area contributed by atoms with E-state index in [-0.39, 0.29) is 24.0 Å².